The molecule has 1 aliphatic heterocycles. The summed E-state index contributed by atoms with van der Waals surface area (Å²) in [7, 11) is 0. The van der Waals surface area contributed by atoms with Gasteiger partial charge < -0.3 is 9.80 Å². The van der Waals surface area contributed by atoms with Gasteiger partial charge in [0, 0.05) is 36.8 Å². The molecule has 0 N–H and O–H groups in total. The van der Waals surface area contributed by atoms with E-state index < -0.39 is 0 Å². The predicted molar refractivity (Wildman–Crippen MR) is 82.6 cm³/mol. The van der Waals surface area contributed by atoms with Gasteiger partial charge in [-0.05, 0) is 12.3 Å². The van der Waals surface area contributed by atoms with E-state index >= 15 is 0 Å². The number of piperazine rings is 1. The van der Waals surface area contributed by atoms with Crippen molar-refractivity contribution in [1.29, 1.82) is 0 Å². The molecule has 2 amide bonds. The fourth-order valence-electron chi connectivity index (χ4n) is 2.45. The molecule has 2 fully saturated rings. The highest BCUT2D eigenvalue weighted by Crippen LogP contribution is 2.39. The molecule has 20 heavy (non-hydrogen) atoms. The molecular formula is C15H26N2O2S. The number of hydrogen-bond donors (Lipinski definition) is 0. The lowest BCUT2D eigenvalue weighted by Crippen LogP contribution is -2.51. The second-order valence-corrected chi connectivity index (χ2v) is 8.73. The maximum Gasteiger partial charge on any atom is 0.232 e. The summed E-state index contributed by atoms with van der Waals surface area (Å²) in [6, 6.07) is 0. The van der Waals surface area contributed by atoms with Crippen LogP contribution in [-0.2, 0) is 9.59 Å². The zero-order valence-corrected chi connectivity index (χ0v) is 13.8. The molecule has 1 heterocycles. The highest BCUT2D eigenvalue weighted by Gasteiger charge is 2.42. The number of nitrogens with zero attached hydrogens (tertiary/aromatic N) is 2. The normalized spacial score (nSPS) is 26.6. The van der Waals surface area contributed by atoms with Crippen LogP contribution in [0.3, 0.4) is 0 Å². The number of thioether (sulfide) groups is 1. The van der Waals surface area contributed by atoms with Crippen LogP contribution in [0.5, 0.6) is 0 Å². The summed E-state index contributed by atoms with van der Waals surface area (Å²) in [6.45, 7) is 11.3. The van der Waals surface area contributed by atoms with Gasteiger partial charge in [0.2, 0.25) is 11.8 Å². The first-order chi connectivity index (χ1) is 9.28. The number of carbonyl (C=O) groups excluding carboxylic acids is 2. The van der Waals surface area contributed by atoms with E-state index in [1.165, 1.54) is 0 Å². The van der Waals surface area contributed by atoms with E-state index in [0.29, 0.717) is 43.8 Å². The third-order valence-electron chi connectivity index (χ3n) is 4.00. The quantitative estimate of drug-likeness (QED) is 0.798. The monoisotopic (exact) mass is 298 g/mol. The molecule has 2 rings (SSSR count). The summed E-state index contributed by atoms with van der Waals surface area (Å²) in [5.41, 5.74) is 0. The fourth-order valence-corrected chi connectivity index (χ4v) is 3.19. The Balaban J connectivity index is 1.73. The SMILES string of the molecule is C[C@H]1C[C@@H]1C(=O)N1CCN(C(=O)CSC(C)(C)C)CC1. The number of carbonyl (C=O) groups is 2. The van der Waals surface area contributed by atoms with Crippen molar-refractivity contribution in [3.63, 3.8) is 0 Å². The predicted octanol–water partition coefficient (Wildman–Crippen LogP) is 1.84. The van der Waals surface area contributed by atoms with Crippen molar-refractivity contribution in [1.82, 2.24) is 9.80 Å². The first kappa shape index (κ1) is 15.7. The standard InChI is InChI=1S/C15H26N2O2S/c1-11-9-12(11)14(19)17-7-5-16(6-8-17)13(18)10-20-15(2,3)4/h11-12H,5-10H2,1-4H3/t11-,12-/m0/s1. The van der Waals surface area contributed by atoms with E-state index in [1.54, 1.807) is 11.8 Å². The lowest BCUT2D eigenvalue weighted by atomic mass is 10.2. The molecule has 0 unspecified atom stereocenters. The molecule has 1 saturated heterocycles. The van der Waals surface area contributed by atoms with E-state index in [2.05, 4.69) is 27.7 Å². The summed E-state index contributed by atoms with van der Waals surface area (Å²) in [5.74, 6) is 1.86. The Labute approximate surface area is 126 Å². The molecule has 0 aromatic rings. The van der Waals surface area contributed by atoms with E-state index in [-0.39, 0.29) is 16.6 Å². The lowest BCUT2D eigenvalue weighted by Gasteiger charge is -2.35. The number of rotatable bonds is 3. The molecule has 0 spiro atoms. The van der Waals surface area contributed by atoms with Crippen LogP contribution in [0.4, 0.5) is 0 Å². The molecule has 0 aromatic heterocycles. The zero-order chi connectivity index (χ0) is 14.9. The van der Waals surface area contributed by atoms with Gasteiger partial charge >= 0.3 is 0 Å². The highest BCUT2D eigenvalue weighted by molar-refractivity contribution is 8.01. The third kappa shape index (κ3) is 4.14. The molecule has 1 saturated carbocycles. The molecule has 5 heteroatoms. The van der Waals surface area contributed by atoms with E-state index in [0.717, 1.165) is 6.42 Å². The van der Waals surface area contributed by atoms with Gasteiger partial charge in [0.05, 0.1) is 5.75 Å². The number of hydrogen-bond acceptors (Lipinski definition) is 3. The lowest BCUT2D eigenvalue weighted by molar-refractivity contribution is -0.139. The van der Waals surface area contributed by atoms with Crippen molar-refractivity contribution in [2.75, 3.05) is 31.9 Å². The van der Waals surface area contributed by atoms with Crippen LogP contribution in [-0.4, -0.2) is 58.3 Å². The van der Waals surface area contributed by atoms with E-state index in [1.807, 2.05) is 9.80 Å². The Morgan fingerprint density at radius 2 is 1.60 bits per heavy atom. The van der Waals surface area contributed by atoms with Crippen molar-refractivity contribution >= 4 is 23.6 Å². The van der Waals surface area contributed by atoms with E-state index in [4.69, 9.17) is 0 Å². The maximum absolute atomic E-state index is 12.1. The van der Waals surface area contributed by atoms with Gasteiger partial charge in [0.1, 0.15) is 0 Å². The highest BCUT2D eigenvalue weighted by atomic mass is 32.2. The van der Waals surface area contributed by atoms with Gasteiger partial charge in [-0.2, -0.15) is 0 Å². The molecule has 0 radical (unpaired) electrons. The average molecular weight is 298 g/mol. The van der Waals surface area contributed by atoms with Crippen LogP contribution >= 0.6 is 11.8 Å². The van der Waals surface area contributed by atoms with Crippen LogP contribution in [0, 0.1) is 11.8 Å². The van der Waals surface area contributed by atoms with Crippen LogP contribution < -0.4 is 0 Å². The Bertz CT molecular complexity index is 384. The molecular weight excluding hydrogens is 272 g/mol. The van der Waals surface area contributed by atoms with Gasteiger partial charge in [-0.1, -0.05) is 27.7 Å². The van der Waals surface area contributed by atoms with Crippen LogP contribution in [0.1, 0.15) is 34.1 Å². The minimum absolute atomic E-state index is 0.121. The van der Waals surface area contributed by atoms with Crippen molar-refractivity contribution in [2.45, 2.75) is 38.9 Å². The average Bonchev–Trinajstić information content (AvgIpc) is 3.11. The van der Waals surface area contributed by atoms with Crippen molar-refractivity contribution in [3.05, 3.63) is 0 Å². The second kappa shape index (κ2) is 5.96. The Morgan fingerprint density at radius 3 is 2.05 bits per heavy atom. The van der Waals surface area contributed by atoms with Crippen LogP contribution in [0.2, 0.25) is 0 Å². The third-order valence-corrected chi connectivity index (χ3v) is 5.26. The first-order valence-corrected chi connectivity index (χ1v) is 8.47. The van der Waals surface area contributed by atoms with Gasteiger partial charge in [-0.3, -0.25) is 9.59 Å². The first-order valence-electron chi connectivity index (χ1n) is 7.48. The summed E-state index contributed by atoms with van der Waals surface area (Å²) >= 11 is 1.69. The van der Waals surface area contributed by atoms with Gasteiger partial charge in [0.15, 0.2) is 0 Å². The summed E-state index contributed by atoms with van der Waals surface area (Å²) < 4.78 is 0.121. The number of amides is 2. The fraction of sp³-hybridized carbons (Fsp3) is 0.867. The Hall–Kier alpha value is -0.710. The maximum atomic E-state index is 12.1. The summed E-state index contributed by atoms with van der Waals surface area (Å²) in [5, 5.41) is 0. The van der Waals surface area contributed by atoms with Crippen LogP contribution in [0.15, 0.2) is 0 Å². The van der Waals surface area contributed by atoms with Crippen molar-refractivity contribution < 1.29 is 9.59 Å². The van der Waals surface area contributed by atoms with Gasteiger partial charge in [0.25, 0.3) is 0 Å². The zero-order valence-electron chi connectivity index (χ0n) is 13.0. The molecule has 2 aliphatic rings. The molecule has 1 aliphatic carbocycles. The summed E-state index contributed by atoms with van der Waals surface area (Å²) in [6.07, 6.45) is 1.04. The van der Waals surface area contributed by atoms with Crippen LogP contribution in [0.25, 0.3) is 0 Å². The Kier molecular flexibility index (Phi) is 4.67. The molecule has 0 bridgehead atoms. The smallest absolute Gasteiger partial charge is 0.232 e. The minimum Gasteiger partial charge on any atom is -0.339 e. The van der Waals surface area contributed by atoms with Gasteiger partial charge in [-0.25, -0.2) is 0 Å². The van der Waals surface area contributed by atoms with Crippen molar-refractivity contribution in [2.24, 2.45) is 11.8 Å². The topological polar surface area (TPSA) is 40.6 Å². The van der Waals surface area contributed by atoms with E-state index in [9.17, 15) is 9.59 Å². The molecule has 2 atom stereocenters. The molecule has 4 nitrogen and oxygen atoms in total. The summed E-state index contributed by atoms with van der Waals surface area (Å²) in [4.78, 5) is 28.1. The molecule has 0 aromatic carbocycles. The molecule has 114 valence electrons. The largest absolute Gasteiger partial charge is 0.339 e. The van der Waals surface area contributed by atoms with Gasteiger partial charge in [-0.15, -0.1) is 11.8 Å². The minimum atomic E-state index is 0.121. The second-order valence-electron chi connectivity index (χ2n) is 6.93. The Morgan fingerprint density at radius 1 is 1.10 bits per heavy atom. The van der Waals surface area contributed by atoms with Crippen molar-refractivity contribution in [3.8, 4) is 0 Å².